The number of carbonyl (C=O) groups is 1. The molecule has 76 valence electrons. The summed E-state index contributed by atoms with van der Waals surface area (Å²) >= 11 is 0. The van der Waals surface area contributed by atoms with Gasteiger partial charge in [-0.3, -0.25) is 10.1 Å². The summed E-state index contributed by atoms with van der Waals surface area (Å²) < 4.78 is 0. The third kappa shape index (κ3) is 1.49. The number of hydrogen-bond acceptors (Lipinski definition) is 4. The van der Waals surface area contributed by atoms with E-state index in [2.05, 4.69) is 15.3 Å². The Morgan fingerprint density at radius 2 is 2.50 bits per heavy atom. The monoisotopic (exact) mass is 196 g/mol. The summed E-state index contributed by atoms with van der Waals surface area (Å²) in [6.45, 7) is 0. The fraction of sp³-hybridized carbons (Fsp3) is 0.500. The number of aliphatic hydroxyl groups is 1. The van der Waals surface area contributed by atoms with Crippen LogP contribution in [0.1, 0.15) is 5.69 Å². The Morgan fingerprint density at radius 1 is 1.71 bits per heavy atom. The van der Waals surface area contributed by atoms with Gasteiger partial charge in [0.05, 0.1) is 12.4 Å². The van der Waals surface area contributed by atoms with Crippen LogP contribution in [0.4, 0.5) is 0 Å². The predicted octanol–water partition coefficient (Wildman–Crippen LogP) is -1.34. The van der Waals surface area contributed by atoms with Crippen LogP contribution in [-0.2, 0) is 11.2 Å². The molecule has 1 aromatic rings. The zero-order valence-electron chi connectivity index (χ0n) is 7.77. The molecule has 3 N–H and O–H groups in total. The second-order valence-electron chi connectivity index (χ2n) is 3.32. The van der Waals surface area contributed by atoms with Crippen molar-refractivity contribution in [2.75, 3.05) is 7.05 Å². The van der Waals surface area contributed by atoms with E-state index < -0.39 is 6.35 Å². The average Bonchev–Trinajstić information content (AvgIpc) is 2.73. The Balaban J connectivity index is 2.04. The van der Waals surface area contributed by atoms with Crippen LogP contribution in [0.3, 0.4) is 0 Å². The molecule has 0 aliphatic carbocycles. The quantitative estimate of drug-likeness (QED) is 0.546. The van der Waals surface area contributed by atoms with Crippen molar-refractivity contribution in [3.8, 4) is 0 Å². The number of likely N-dealkylation sites (N-methyl/N-ethyl adjacent to an activating group) is 1. The summed E-state index contributed by atoms with van der Waals surface area (Å²) in [4.78, 5) is 19.6. The van der Waals surface area contributed by atoms with Gasteiger partial charge in [0.1, 0.15) is 0 Å². The Labute approximate surface area is 80.9 Å². The molecule has 0 aromatic carbocycles. The van der Waals surface area contributed by atoms with Gasteiger partial charge in [-0.2, -0.15) is 0 Å². The van der Waals surface area contributed by atoms with Crippen molar-refractivity contribution < 1.29 is 9.90 Å². The Hall–Kier alpha value is -1.40. The topological polar surface area (TPSA) is 81.2 Å². The molecular formula is C8H12N4O2. The second kappa shape index (κ2) is 3.39. The number of imidazole rings is 1. The lowest BCUT2D eigenvalue weighted by atomic mass is 10.2. The van der Waals surface area contributed by atoms with E-state index in [1.54, 1.807) is 19.6 Å². The molecule has 6 heteroatoms. The molecule has 2 rings (SSSR count). The molecule has 1 fully saturated rings. The van der Waals surface area contributed by atoms with Gasteiger partial charge < -0.3 is 15.0 Å². The highest BCUT2D eigenvalue weighted by Gasteiger charge is 2.35. The fourth-order valence-corrected chi connectivity index (χ4v) is 1.49. The Morgan fingerprint density at radius 3 is 3.00 bits per heavy atom. The SMILES string of the molecule is CN1C(=O)C(Cc2cnc[nH]2)NC1O. The van der Waals surface area contributed by atoms with Gasteiger partial charge >= 0.3 is 0 Å². The van der Waals surface area contributed by atoms with Gasteiger partial charge in [0, 0.05) is 25.4 Å². The van der Waals surface area contributed by atoms with Crippen molar-refractivity contribution in [3.63, 3.8) is 0 Å². The number of aromatic nitrogens is 2. The Kier molecular flexibility index (Phi) is 2.22. The smallest absolute Gasteiger partial charge is 0.243 e. The number of H-pyrrole nitrogens is 1. The minimum atomic E-state index is -0.879. The van der Waals surface area contributed by atoms with Gasteiger partial charge in [0.2, 0.25) is 5.91 Å². The summed E-state index contributed by atoms with van der Waals surface area (Å²) in [6, 6.07) is -0.365. The molecule has 0 saturated carbocycles. The number of carbonyl (C=O) groups excluding carboxylic acids is 1. The lowest BCUT2D eigenvalue weighted by molar-refractivity contribution is -0.132. The average molecular weight is 196 g/mol. The van der Waals surface area contributed by atoms with E-state index >= 15 is 0 Å². The highest BCUT2D eigenvalue weighted by Crippen LogP contribution is 2.09. The minimum absolute atomic E-state index is 0.105. The highest BCUT2D eigenvalue weighted by atomic mass is 16.3. The zero-order chi connectivity index (χ0) is 10.1. The number of nitrogens with one attached hydrogen (secondary N) is 2. The van der Waals surface area contributed by atoms with Crippen LogP contribution in [0, 0.1) is 0 Å². The highest BCUT2D eigenvalue weighted by molar-refractivity contribution is 5.84. The van der Waals surface area contributed by atoms with Crippen molar-refractivity contribution in [2.45, 2.75) is 18.8 Å². The molecule has 1 aliphatic rings. The number of aromatic amines is 1. The van der Waals surface area contributed by atoms with Crippen molar-refractivity contribution in [1.82, 2.24) is 20.2 Å². The van der Waals surface area contributed by atoms with E-state index in [0.717, 1.165) is 5.69 Å². The maximum absolute atomic E-state index is 11.5. The molecule has 1 amide bonds. The maximum Gasteiger partial charge on any atom is 0.243 e. The third-order valence-corrected chi connectivity index (χ3v) is 2.34. The van der Waals surface area contributed by atoms with E-state index in [1.807, 2.05) is 0 Å². The second-order valence-corrected chi connectivity index (χ2v) is 3.32. The Bertz CT molecular complexity index is 324. The number of aliphatic hydroxyl groups excluding tert-OH is 1. The van der Waals surface area contributed by atoms with E-state index in [-0.39, 0.29) is 11.9 Å². The van der Waals surface area contributed by atoms with Gasteiger partial charge in [0.25, 0.3) is 0 Å². The first-order valence-corrected chi connectivity index (χ1v) is 4.36. The minimum Gasteiger partial charge on any atom is -0.361 e. The molecule has 0 spiro atoms. The molecule has 6 nitrogen and oxygen atoms in total. The molecule has 14 heavy (non-hydrogen) atoms. The first-order chi connectivity index (χ1) is 6.68. The first-order valence-electron chi connectivity index (χ1n) is 4.36. The van der Waals surface area contributed by atoms with E-state index in [0.29, 0.717) is 6.42 Å². The third-order valence-electron chi connectivity index (χ3n) is 2.34. The largest absolute Gasteiger partial charge is 0.361 e. The maximum atomic E-state index is 11.5. The number of rotatable bonds is 2. The number of nitrogens with zero attached hydrogens (tertiary/aromatic N) is 2. The van der Waals surface area contributed by atoms with Crippen LogP contribution in [-0.4, -0.2) is 45.3 Å². The zero-order valence-corrected chi connectivity index (χ0v) is 7.77. The van der Waals surface area contributed by atoms with Crippen molar-refractivity contribution in [3.05, 3.63) is 18.2 Å². The van der Waals surface area contributed by atoms with Crippen LogP contribution in [0.25, 0.3) is 0 Å². The van der Waals surface area contributed by atoms with Crippen LogP contribution in [0.5, 0.6) is 0 Å². The van der Waals surface area contributed by atoms with E-state index in [9.17, 15) is 9.90 Å². The molecule has 2 atom stereocenters. The number of amides is 1. The summed E-state index contributed by atoms with van der Waals surface area (Å²) in [5.41, 5.74) is 0.873. The molecule has 2 heterocycles. The summed E-state index contributed by atoms with van der Waals surface area (Å²) in [6.07, 6.45) is 2.87. The van der Waals surface area contributed by atoms with Crippen molar-refractivity contribution >= 4 is 5.91 Å². The van der Waals surface area contributed by atoms with Crippen LogP contribution in [0.2, 0.25) is 0 Å². The van der Waals surface area contributed by atoms with Crippen LogP contribution in [0.15, 0.2) is 12.5 Å². The number of hydrogen-bond donors (Lipinski definition) is 3. The molecular weight excluding hydrogens is 184 g/mol. The van der Waals surface area contributed by atoms with Crippen LogP contribution < -0.4 is 5.32 Å². The van der Waals surface area contributed by atoms with Gasteiger partial charge in [-0.25, -0.2) is 4.98 Å². The first kappa shape index (κ1) is 9.17. The van der Waals surface area contributed by atoms with Gasteiger partial charge in [-0.05, 0) is 0 Å². The lowest BCUT2D eigenvalue weighted by Crippen LogP contribution is -2.34. The van der Waals surface area contributed by atoms with E-state index in [1.165, 1.54) is 4.90 Å². The molecule has 0 bridgehead atoms. The molecule has 2 unspecified atom stereocenters. The predicted molar refractivity (Wildman–Crippen MR) is 48.0 cm³/mol. The van der Waals surface area contributed by atoms with Crippen LogP contribution >= 0.6 is 0 Å². The van der Waals surface area contributed by atoms with Gasteiger partial charge in [-0.15, -0.1) is 0 Å². The molecule has 1 saturated heterocycles. The lowest BCUT2D eigenvalue weighted by Gasteiger charge is -2.11. The van der Waals surface area contributed by atoms with Gasteiger partial charge in [-0.1, -0.05) is 0 Å². The fourth-order valence-electron chi connectivity index (χ4n) is 1.49. The van der Waals surface area contributed by atoms with E-state index in [4.69, 9.17) is 0 Å². The molecule has 1 aliphatic heterocycles. The standard InChI is InChI=1S/C8H12N4O2/c1-12-7(13)6(11-8(12)14)2-5-3-9-4-10-5/h3-4,6,8,11,14H,2H2,1H3,(H,9,10). The molecule has 0 radical (unpaired) electrons. The normalized spacial score (nSPS) is 27.3. The van der Waals surface area contributed by atoms with Crippen molar-refractivity contribution in [1.29, 1.82) is 0 Å². The van der Waals surface area contributed by atoms with Gasteiger partial charge in [0.15, 0.2) is 6.35 Å². The summed E-state index contributed by atoms with van der Waals surface area (Å²) in [7, 11) is 1.56. The summed E-state index contributed by atoms with van der Waals surface area (Å²) in [5.74, 6) is -0.105. The summed E-state index contributed by atoms with van der Waals surface area (Å²) in [5, 5.41) is 12.1. The van der Waals surface area contributed by atoms with Crippen molar-refractivity contribution in [2.24, 2.45) is 0 Å². The molecule has 1 aromatic heterocycles.